The predicted octanol–water partition coefficient (Wildman–Crippen LogP) is 7.12. The monoisotopic (exact) mass is 778 g/mol. The minimum Gasteiger partial charge on any atom is -0.453 e. The normalized spacial score (nSPS) is 21.8. The Balaban J connectivity index is 1.04. The van der Waals surface area contributed by atoms with Crippen LogP contribution in [0, 0.1) is 30.6 Å². The van der Waals surface area contributed by atoms with Crippen molar-refractivity contribution >= 4 is 24.0 Å². The molecule has 14 nitrogen and oxygen atoms in total. The van der Waals surface area contributed by atoms with Crippen LogP contribution in [0.25, 0.3) is 33.9 Å². The van der Waals surface area contributed by atoms with Gasteiger partial charge in [0.05, 0.1) is 38.1 Å². The van der Waals surface area contributed by atoms with Crippen molar-refractivity contribution in [2.45, 2.75) is 90.8 Å². The molecule has 4 amide bonds. The van der Waals surface area contributed by atoms with Gasteiger partial charge in [-0.3, -0.25) is 9.59 Å². The van der Waals surface area contributed by atoms with Crippen LogP contribution in [0.15, 0.2) is 54.9 Å². The van der Waals surface area contributed by atoms with Gasteiger partial charge in [-0.2, -0.15) is 0 Å². The molecule has 4 aromatic rings. The van der Waals surface area contributed by atoms with Gasteiger partial charge < -0.3 is 29.7 Å². The van der Waals surface area contributed by atoms with E-state index in [-0.39, 0.29) is 47.6 Å². The molecule has 14 heteroatoms. The Labute approximate surface area is 333 Å². The van der Waals surface area contributed by atoms with Crippen LogP contribution in [0.2, 0.25) is 0 Å². The fourth-order valence-corrected chi connectivity index (χ4v) is 9.29. The van der Waals surface area contributed by atoms with E-state index >= 15 is 0 Å². The first-order valence-corrected chi connectivity index (χ1v) is 20.0. The number of ether oxygens (including phenoxy) is 2. The molecular weight excluding hydrogens is 725 g/mol. The second kappa shape index (κ2) is 16.4. The topological polar surface area (TPSA) is 175 Å². The Kier molecular flexibility index (Phi) is 11.4. The molecule has 1 aliphatic heterocycles. The molecule has 2 aromatic carbocycles. The zero-order valence-electron chi connectivity index (χ0n) is 33.8. The van der Waals surface area contributed by atoms with Gasteiger partial charge in [0, 0.05) is 41.5 Å². The molecule has 57 heavy (non-hydrogen) atoms. The van der Waals surface area contributed by atoms with Crippen molar-refractivity contribution in [3.63, 3.8) is 0 Å². The molecule has 6 atom stereocenters. The number of aryl methyl sites for hydroxylation is 1. The summed E-state index contributed by atoms with van der Waals surface area (Å²) in [7, 11) is 2.59. The number of aromatic amines is 2. The van der Waals surface area contributed by atoms with Gasteiger partial charge >= 0.3 is 12.2 Å². The maximum atomic E-state index is 13.9. The Morgan fingerprint density at radius 3 is 2.16 bits per heavy atom. The number of hydrazine groups is 1. The number of H-pyrrole nitrogens is 2. The van der Waals surface area contributed by atoms with Crippen molar-refractivity contribution < 1.29 is 28.7 Å². The summed E-state index contributed by atoms with van der Waals surface area (Å²) >= 11 is 0. The number of aromatic nitrogens is 4. The van der Waals surface area contributed by atoms with Crippen LogP contribution in [0.5, 0.6) is 0 Å². The van der Waals surface area contributed by atoms with Gasteiger partial charge in [-0.1, -0.05) is 56.3 Å². The highest BCUT2D eigenvalue weighted by Gasteiger charge is 2.53. The number of carbonyl (C=O) groups is 4. The highest BCUT2D eigenvalue weighted by Crippen LogP contribution is 2.57. The molecule has 2 aromatic heterocycles. The maximum Gasteiger partial charge on any atom is 0.425 e. The molecule has 3 aliphatic rings. The number of alkyl carbamates (subject to hydrolysis) is 1. The molecule has 1 saturated heterocycles. The quantitative estimate of drug-likeness (QED) is 0.123. The third kappa shape index (κ3) is 7.86. The van der Waals surface area contributed by atoms with E-state index in [2.05, 4.69) is 70.1 Å². The summed E-state index contributed by atoms with van der Waals surface area (Å²) in [6.45, 7) is 10.3. The highest BCUT2D eigenvalue weighted by atomic mass is 16.5. The first-order valence-electron chi connectivity index (χ1n) is 20.0. The van der Waals surface area contributed by atoms with Crippen molar-refractivity contribution in [3.05, 3.63) is 71.8 Å². The number of rotatable bonds is 10. The van der Waals surface area contributed by atoms with Crippen LogP contribution in [0.4, 0.5) is 9.59 Å². The van der Waals surface area contributed by atoms with E-state index in [0.717, 1.165) is 83.0 Å². The van der Waals surface area contributed by atoms with Gasteiger partial charge in [-0.05, 0) is 87.3 Å². The summed E-state index contributed by atoms with van der Waals surface area (Å²) < 4.78 is 9.57. The minimum absolute atomic E-state index is 0.00337. The molecule has 0 spiro atoms. The van der Waals surface area contributed by atoms with E-state index in [1.807, 2.05) is 45.0 Å². The Hall–Kier alpha value is -5.66. The van der Waals surface area contributed by atoms with Crippen molar-refractivity contribution in [2.75, 3.05) is 20.8 Å². The van der Waals surface area contributed by atoms with Gasteiger partial charge in [0.15, 0.2) is 0 Å². The van der Waals surface area contributed by atoms with E-state index in [1.54, 1.807) is 0 Å². The number of amides is 4. The molecule has 2 saturated carbocycles. The molecule has 3 fully saturated rings. The number of methoxy groups -OCH3 is 2. The number of hydrogen-bond donors (Lipinski definition) is 4. The van der Waals surface area contributed by atoms with Crippen molar-refractivity contribution in [2.24, 2.45) is 23.7 Å². The van der Waals surface area contributed by atoms with Crippen LogP contribution in [0.3, 0.4) is 0 Å². The van der Waals surface area contributed by atoms with E-state index in [0.29, 0.717) is 12.5 Å². The van der Waals surface area contributed by atoms with Gasteiger partial charge in [0.1, 0.15) is 17.7 Å². The Bertz CT molecular complexity index is 2110. The predicted molar refractivity (Wildman–Crippen MR) is 214 cm³/mol. The van der Waals surface area contributed by atoms with Gasteiger partial charge in [-0.15, -0.1) is 0 Å². The van der Waals surface area contributed by atoms with Crippen LogP contribution in [-0.4, -0.2) is 86.7 Å². The molecular formula is C43H54N8O6. The van der Waals surface area contributed by atoms with E-state index in [1.165, 1.54) is 19.2 Å². The zero-order chi connectivity index (χ0) is 40.5. The van der Waals surface area contributed by atoms with E-state index in [9.17, 15) is 19.2 Å². The summed E-state index contributed by atoms with van der Waals surface area (Å²) in [6, 6.07) is 13.5. The molecule has 4 unspecified atom stereocenters. The number of fused-ring (bicyclic) bond motifs is 2. The molecule has 4 N–H and O–H groups in total. The standard InChI is InChI=1S/C43H54N8O6/c1-23(2)37(48-42(54)56-6)41(53)50-18-8-9-34(50)32-21-45-39(46-32)31-17-16-28(19-25(31)5)26-10-12-27(13-11-26)38-44-22-33(47-38)35-29-14-15-30(20-29)36(35)40(52)51(24(3)4)49-43(55)57-7/h10-13,16-17,19,21-24,29-30,34-37H,8-9,14-15,18,20H2,1-7H3,(H,44,47)(H,45,46)(H,48,54)(H,49,55)/t29?,30?,34-,35?,36?,37-/m0/s1. The summed E-state index contributed by atoms with van der Waals surface area (Å²) in [5.74, 6) is 1.57. The number of benzene rings is 2. The molecule has 302 valence electrons. The van der Waals surface area contributed by atoms with Crippen LogP contribution < -0.4 is 10.7 Å². The van der Waals surface area contributed by atoms with E-state index < -0.39 is 18.2 Å². The summed E-state index contributed by atoms with van der Waals surface area (Å²) in [6.07, 6.45) is 7.15. The van der Waals surface area contributed by atoms with Crippen LogP contribution in [0.1, 0.15) is 88.7 Å². The van der Waals surface area contributed by atoms with Crippen molar-refractivity contribution in [3.8, 4) is 33.9 Å². The SMILES string of the molecule is COC(=O)N[C@H](C(=O)N1CCC[C@H]1c1cnc(-c2ccc(-c3ccc(-c4ncc(C5C6CCC(C6)C5C(=O)N(NC(=O)OC)C(C)C)[nH]4)cc3)cc2C)[nH]1)C(C)C. The number of hydrogen-bond acceptors (Lipinski definition) is 8. The van der Waals surface area contributed by atoms with Crippen molar-refractivity contribution in [1.29, 1.82) is 0 Å². The number of nitrogens with one attached hydrogen (secondary N) is 4. The molecule has 3 heterocycles. The molecule has 2 aliphatic carbocycles. The first-order chi connectivity index (χ1) is 27.4. The lowest BCUT2D eigenvalue weighted by atomic mass is 9.77. The third-order valence-electron chi connectivity index (χ3n) is 12.2. The maximum absolute atomic E-state index is 13.9. The summed E-state index contributed by atoms with van der Waals surface area (Å²) in [5, 5.41) is 4.13. The second-order valence-electron chi connectivity index (χ2n) is 16.3. The smallest absolute Gasteiger partial charge is 0.425 e. The lowest BCUT2D eigenvalue weighted by Crippen LogP contribution is -2.53. The first kappa shape index (κ1) is 39.6. The zero-order valence-corrected chi connectivity index (χ0v) is 33.8. The Morgan fingerprint density at radius 2 is 1.47 bits per heavy atom. The molecule has 0 radical (unpaired) electrons. The van der Waals surface area contributed by atoms with Crippen LogP contribution >= 0.6 is 0 Å². The average molecular weight is 779 g/mol. The largest absolute Gasteiger partial charge is 0.453 e. The highest BCUT2D eigenvalue weighted by molar-refractivity contribution is 5.86. The van der Waals surface area contributed by atoms with Gasteiger partial charge in [0.2, 0.25) is 11.8 Å². The van der Waals surface area contributed by atoms with Gasteiger partial charge in [-0.25, -0.2) is 30.0 Å². The lowest BCUT2D eigenvalue weighted by molar-refractivity contribution is -0.143. The van der Waals surface area contributed by atoms with Gasteiger partial charge in [0.25, 0.3) is 0 Å². The summed E-state index contributed by atoms with van der Waals surface area (Å²) in [5.41, 5.74) is 9.57. The lowest BCUT2D eigenvalue weighted by Gasteiger charge is -2.35. The number of imidazole rings is 2. The number of carbonyl (C=O) groups excluding carboxylic acids is 4. The van der Waals surface area contributed by atoms with Crippen LogP contribution in [-0.2, 0) is 19.1 Å². The number of likely N-dealkylation sites (tertiary alicyclic amines) is 1. The minimum atomic E-state index is -0.682. The fraction of sp³-hybridized carbons (Fsp3) is 0.488. The van der Waals surface area contributed by atoms with Crippen molar-refractivity contribution in [1.82, 2.24) is 40.6 Å². The average Bonchev–Trinajstić information content (AvgIpc) is 4.06. The fourth-order valence-electron chi connectivity index (χ4n) is 9.29. The second-order valence-corrected chi connectivity index (χ2v) is 16.3. The number of nitrogens with zero attached hydrogens (tertiary/aromatic N) is 4. The summed E-state index contributed by atoms with van der Waals surface area (Å²) in [4.78, 5) is 70.0. The molecule has 7 rings (SSSR count). The molecule has 2 bridgehead atoms. The van der Waals surface area contributed by atoms with E-state index in [4.69, 9.17) is 19.4 Å². The third-order valence-corrected chi connectivity index (χ3v) is 12.2. The Morgan fingerprint density at radius 1 is 0.825 bits per heavy atom.